The molecule has 20 heavy (non-hydrogen) atoms. The van der Waals surface area contributed by atoms with Crippen LogP contribution in [0.1, 0.15) is 11.3 Å². The van der Waals surface area contributed by atoms with Crippen LogP contribution in [0.5, 0.6) is 0 Å². The third-order valence-corrected chi connectivity index (χ3v) is 2.68. The standard InChI is InChI=1S/C15H9FN2O2/c16-11-6-4-10(5-7-11)9-13-15(19)20-14(18-13)12-3-1-2-8-17-12/h1-9H/b13-9+. The van der Waals surface area contributed by atoms with E-state index >= 15 is 0 Å². The molecular formula is C15H9FN2O2. The van der Waals surface area contributed by atoms with Gasteiger partial charge in [-0.3, -0.25) is 4.98 Å². The van der Waals surface area contributed by atoms with Gasteiger partial charge in [-0.1, -0.05) is 18.2 Å². The highest BCUT2D eigenvalue weighted by atomic mass is 19.1. The van der Waals surface area contributed by atoms with Crippen molar-refractivity contribution in [3.05, 3.63) is 71.4 Å². The molecule has 0 saturated carbocycles. The molecule has 1 aliphatic heterocycles. The number of aromatic nitrogens is 1. The van der Waals surface area contributed by atoms with E-state index in [0.717, 1.165) is 0 Å². The van der Waals surface area contributed by atoms with Crippen LogP contribution in [0.15, 0.2) is 59.4 Å². The lowest BCUT2D eigenvalue weighted by Crippen LogP contribution is -2.06. The summed E-state index contributed by atoms with van der Waals surface area (Å²) in [6, 6.07) is 11.0. The van der Waals surface area contributed by atoms with Gasteiger partial charge in [0, 0.05) is 6.20 Å². The van der Waals surface area contributed by atoms with Crippen LogP contribution in [-0.4, -0.2) is 16.9 Å². The third-order valence-electron chi connectivity index (χ3n) is 2.68. The zero-order valence-corrected chi connectivity index (χ0v) is 10.3. The normalized spacial score (nSPS) is 16.1. The number of esters is 1. The highest BCUT2D eigenvalue weighted by Crippen LogP contribution is 2.18. The van der Waals surface area contributed by atoms with Crippen molar-refractivity contribution < 1.29 is 13.9 Å². The van der Waals surface area contributed by atoms with Crippen molar-refractivity contribution in [1.82, 2.24) is 4.98 Å². The van der Waals surface area contributed by atoms with Gasteiger partial charge in [0.15, 0.2) is 5.70 Å². The predicted molar refractivity (Wildman–Crippen MR) is 71.2 cm³/mol. The number of hydrogen-bond acceptors (Lipinski definition) is 4. The van der Waals surface area contributed by atoms with E-state index in [1.165, 1.54) is 18.2 Å². The second-order valence-electron chi connectivity index (χ2n) is 4.10. The van der Waals surface area contributed by atoms with Crippen LogP contribution in [0.3, 0.4) is 0 Å². The van der Waals surface area contributed by atoms with E-state index in [4.69, 9.17) is 4.74 Å². The monoisotopic (exact) mass is 268 g/mol. The molecule has 0 amide bonds. The second-order valence-corrected chi connectivity index (χ2v) is 4.10. The fraction of sp³-hybridized carbons (Fsp3) is 0. The molecule has 0 radical (unpaired) electrons. The van der Waals surface area contributed by atoms with Crippen molar-refractivity contribution in [2.45, 2.75) is 0 Å². The number of hydrogen-bond donors (Lipinski definition) is 0. The summed E-state index contributed by atoms with van der Waals surface area (Å²) in [6.07, 6.45) is 3.13. The molecule has 1 aliphatic rings. The van der Waals surface area contributed by atoms with Gasteiger partial charge < -0.3 is 4.74 Å². The number of cyclic esters (lactones) is 1. The smallest absolute Gasteiger partial charge is 0.363 e. The topological polar surface area (TPSA) is 51.5 Å². The molecule has 0 fully saturated rings. The maximum Gasteiger partial charge on any atom is 0.363 e. The van der Waals surface area contributed by atoms with Crippen LogP contribution in [0.4, 0.5) is 4.39 Å². The Morgan fingerprint density at radius 1 is 1.10 bits per heavy atom. The lowest BCUT2D eigenvalue weighted by molar-refractivity contribution is -0.129. The van der Waals surface area contributed by atoms with E-state index in [0.29, 0.717) is 11.3 Å². The van der Waals surface area contributed by atoms with E-state index in [9.17, 15) is 9.18 Å². The van der Waals surface area contributed by atoms with Crippen LogP contribution in [-0.2, 0) is 9.53 Å². The first-order chi connectivity index (χ1) is 9.72. The minimum Gasteiger partial charge on any atom is -0.400 e. The number of rotatable bonds is 2. The lowest BCUT2D eigenvalue weighted by atomic mass is 10.2. The second kappa shape index (κ2) is 5.05. The summed E-state index contributed by atoms with van der Waals surface area (Å²) in [5.74, 6) is -0.710. The average molecular weight is 268 g/mol. The van der Waals surface area contributed by atoms with Crippen LogP contribution in [0.25, 0.3) is 6.08 Å². The molecule has 0 atom stereocenters. The van der Waals surface area contributed by atoms with Crippen molar-refractivity contribution in [3.8, 4) is 0 Å². The van der Waals surface area contributed by atoms with E-state index in [2.05, 4.69) is 9.98 Å². The van der Waals surface area contributed by atoms with Crippen molar-refractivity contribution in [2.24, 2.45) is 4.99 Å². The van der Waals surface area contributed by atoms with Crippen molar-refractivity contribution in [2.75, 3.05) is 0 Å². The summed E-state index contributed by atoms with van der Waals surface area (Å²) in [4.78, 5) is 19.9. The summed E-state index contributed by atoms with van der Waals surface area (Å²) >= 11 is 0. The third kappa shape index (κ3) is 2.47. The quantitative estimate of drug-likeness (QED) is 0.621. The maximum absolute atomic E-state index is 12.8. The minimum atomic E-state index is -0.546. The fourth-order valence-corrected chi connectivity index (χ4v) is 1.72. The van der Waals surface area contributed by atoms with Gasteiger partial charge in [-0.25, -0.2) is 14.2 Å². The van der Waals surface area contributed by atoms with Crippen molar-refractivity contribution in [3.63, 3.8) is 0 Å². The Balaban J connectivity index is 1.92. The van der Waals surface area contributed by atoms with Gasteiger partial charge in [0.1, 0.15) is 11.5 Å². The Hall–Kier alpha value is -2.82. The van der Waals surface area contributed by atoms with E-state index in [1.54, 1.807) is 36.5 Å². The summed E-state index contributed by atoms with van der Waals surface area (Å²) in [5, 5.41) is 0. The molecule has 5 heteroatoms. The van der Waals surface area contributed by atoms with Gasteiger partial charge in [0.25, 0.3) is 0 Å². The molecule has 0 spiro atoms. The Labute approximate surface area is 114 Å². The number of aliphatic imine (C=N–C) groups is 1. The molecule has 1 aromatic heterocycles. The molecule has 0 N–H and O–H groups in total. The first-order valence-corrected chi connectivity index (χ1v) is 5.92. The summed E-state index contributed by atoms with van der Waals surface area (Å²) < 4.78 is 17.9. The number of carbonyl (C=O) groups is 1. The summed E-state index contributed by atoms with van der Waals surface area (Å²) in [5.41, 5.74) is 1.32. The number of nitrogens with zero attached hydrogens (tertiary/aromatic N) is 2. The van der Waals surface area contributed by atoms with Gasteiger partial charge in [0.05, 0.1) is 0 Å². The molecule has 2 aromatic rings. The minimum absolute atomic E-state index is 0.164. The molecule has 2 heterocycles. The van der Waals surface area contributed by atoms with E-state index in [-0.39, 0.29) is 17.4 Å². The fourth-order valence-electron chi connectivity index (χ4n) is 1.72. The van der Waals surface area contributed by atoms with Crippen molar-refractivity contribution in [1.29, 1.82) is 0 Å². The lowest BCUT2D eigenvalue weighted by Gasteiger charge is -1.96. The molecule has 0 unspecified atom stereocenters. The van der Waals surface area contributed by atoms with E-state index in [1.807, 2.05) is 0 Å². The van der Waals surface area contributed by atoms with Crippen molar-refractivity contribution >= 4 is 17.9 Å². The highest BCUT2D eigenvalue weighted by Gasteiger charge is 2.24. The van der Waals surface area contributed by atoms with Gasteiger partial charge in [-0.15, -0.1) is 0 Å². The number of halogens is 1. The zero-order chi connectivity index (χ0) is 13.9. The molecule has 3 rings (SSSR count). The number of pyridine rings is 1. The number of carbonyl (C=O) groups excluding carboxylic acids is 1. The van der Waals surface area contributed by atoms with Crippen LogP contribution in [0.2, 0.25) is 0 Å². The summed E-state index contributed by atoms with van der Waals surface area (Å²) in [7, 11) is 0. The highest BCUT2D eigenvalue weighted by molar-refractivity contribution is 6.12. The SMILES string of the molecule is O=C1OC(c2ccccn2)=N/C1=C/c1ccc(F)cc1. The Bertz CT molecular complexity index is 706. The molecule has 0 bridgehead atoms. The van der Waals surface area contributed by atoms with Crippen LogP contribution in [0, 0.1) is 5.82 Å². The first-order valence-electron chi connectivity index (χ1n) is 5.92. The Kier molecular flexibility index (Phi) is 3.09. The van der Waals surface area contributed by atoms with Gasteiger partial charge in [-0.2, -0.15) is 0 Å². The van der Waals surface area contributed by atoms with E-state index < -0.39 is 5.97 Å². The zero-order valence-electron chi connectivity index (χ0n) is 10.3. The first kappa shape index (κ1) is 12.2. The molecular weight excluding hydrogens is 259 g/mol. The molecule has 0 saturated heterocycles. The molecule has 98 valence electrons. The maximum atomic E-state index is 12.8. The average Bonchev–Trinajstić information content (AvgIpc) is 2.84. The Morgan fingerprint density at radius 3 is 2.60 bits per heavy atom. The number of ether oxygens (including phenoxy) is 1. The predicted octanol–water partition coefficient (Wildman–Crippen LogP) is 2.57. The molecule has 4 nitrogen and oxygen atoms in total. The largest absolute Gasteiger partial charge is 0.400 e. The molecule has 1 aromatic carbocycles. The number of benzene rings is 1. The van der Waals surface area contributed by atoms with Crippen LogP contribution < -0.4 is 0 Å². The Morgan fingerprint density at radius 2 is 1.90 bits per heavy atom. The summed E-state index contributed by atoms with van der Waals surface area (Å²) in [6.45, 7) is 0. The van der Waals surface area contributed by atoms with Gasteiger partial charge in [-0.05, 0) is 35.9 Å². The van der Waals surface area contributed by atoms with Gasteiger partial charge >= 0.3 is 5.97 Å². The van der Waals surface area contributed by atoms with Gasteiger partial charge in [0.2, 0.25) is 5.90 Å². The molecule has 0 aliphatic carbocycles. The van der Waals surface area contributed by atoms with Crippen LogP contribution >= 0.6 is 0 Å².